The highest BCUT2D eigenvalue weighted by molar-refractivity contribution is 5.93. The largest absolute Gasteiger partial charge is 0.411 e. The van der Waals surface area contributed by atoms with E-state index < -0.39 is 36.0 Å². The second-order valence-electron chi connectivity index (χ2n) is 3.04. The van der Waals surface area contributed by atoms with Crippen LogP contribution in [0.3, 0.4) is 0 Å². The molecule has 1 aliphatic rings. The minimum atomic E-state index is -2.94. The van der Waals surface area contributed by atoms with Crippen LogP contribution in [0.15, 0.2) is 0 Å². The summed E-state index contributed by atoms with van der Waals surface area (Å²) in [5, 5.41) is 18.4. The first-order valence-corrected chi connectivity index (χ1v) is 4.17. The molecular weight excluding hydrogens is 236 g/mol. The monoisotopic (exact) mass is 244 g/mol. The van der Waals surface area contributed by atoms with E-state index >= 15 is 0 Å². The number of carbonyl (C=O) groups excluding carboxylic acids is 3. The van der Waals surface area contributed by atoms with Gasteiger partial charge in [-0.05, 0) is 5.92 Å². The molecule has 1 saturated heterocycles. The van der Waals surface area contributed by atoms with E-state index in [2.05, 4.69) is 15.2 Å². The SMILES string of the molecule is NC(=O)C#C[C@H]1OC(=O)[C@@H](O)[C@](N)(O)C(=O)O1. The van der Waals surface area contributed by atoms with Crippen molar-refractivity contribution in [3.8, 4) is 11.8 Å². The number of hydrogen-bond donors (Lipinski definition) is 4. The third kappa shape index (κ3) is 2.70. The lowest BCUT2D eigenvalue weighted by Gasteiger charge is -2.19. The van der Waals surface area contributed by atoms with Crippen LogP contribution in [0.25, 0.3) is 0 Å². The van der Waals surface area contributed by atoms with Gasteiger partial charge in [0.1, 0.15) is 0 Å². The maximum absolute atomic E-state index is 11.2. The Morgan fingerprint density at radius 3 is 2.53 bits per heavy atom. The summed E-state index contributed by atoms with van der Waals surface area (Å²) in [6.07, 6.45) is -4.11. The number of cyclic esters (lactones) is 2. The molecule has 1 fully saturated rings. The van der Waals surface area contributed by atoms with Crippen molar-refractivity contribution in [3.05, 3.63) is 0 Å². The molecular formula is C8H8N2O7. The molecule has 0 aromatic rings. The smallest absolute Gasteiger partial charge is 0.360 e. The summed E-state index contributed by atoms with van der Waals surface area (Å²) in [6, 6.07) is 0. The first-order valence-electron chi connectivity index (χ1n) is 4.17. The lowest BCUT2D eigenvalue weighted by Crippen LogP contribution is -2.59. The Kier molecular flexibility index (Phi) is 3.33. The van der Waals surface area contributed by atoms with Crippen LogP contribution in [-0.4, -0.2) is 46.2 Å². The van der Waals surface area contributed by atoms with Gasteiger partial charge in [0.05, 0.1) is 0 Å². The molecule has 1 amide bonds. The van der Waals surface area contributed by atoms with Gasteiger partial charge in [-0.15, -0.1) is 0 Å². The van der Waals surface area contributed by atoms with Crippen molar-refractivity contribution in [3.63, 3.8) is 0 Å². The first-order chi connectivity index (χ1) is 7.75. The number of nitrogens with two attached hydrogens (primary N) is 2. The fraction of sp³-hybridized carbons (Fsp3) is 0.375. The predicted octanol–water partition coefficient (Wildman–Crippen LogP) is -4.09. The second-order valence-corrected chi connectivity index (χ2v) is 3.04. The Hall–Kier alpha value is -2.15. The van der Waals surface area contributed by atoms with Crippen LogP contribution in [0, 0.1) is 11.8 Å². The molecule has 0 aromatic carbocycles. The second kappa shape index (κ2) is 4.38. The van der Waals surface area contributed by atoms with Crippen LogP contribution in [-0.2, 0) is 23.9 Å². The molecule has 0 spiro atoms. The molecule has 17 heavy (non-hydrogen) atoms. The molecule has 0 aliphatic carbocycles. The number of aliphatic hydroxyl groups excluding tert-OH is 1. The molecule has 1 heterocycles. The molecule has 9 nitrogen and oxygen atoms in total. The number of aliphatic hydroxyl groups is 2. The normalized spacial score (nSPS) is 32.6. The number of rotatable bonds is 0. The van der Waals surface area contributed by atoms with Gasteiger partial charge in [-0.3, -0.25) is 10.5 Å². The lowest BCUT2D eigenvalue weighted by molar-refractivity contribution is -0.179. The number of ether oxygens (including phenoxy) is 2. The summed E-state index contributed by atoms with van der Waals surface area (Å²) < 4.78 is 8.65. The number of hydrogen-bond acceptors (Lipinski definition) is 8. The standard InChI is InChI=1S/C8H8N2O7/c9-3(11)1-2-4-16-6(13)5(12)8(10,15)7(14)17-4/h4-5,12,15H,10H2,(H2,9,11)/t4-,5+,8-/m0/s1. The van der Waals surface area contributed by atoms with Crippen molar-refractivity contribution in [1.82, 2.24) is 0 Å². The van der Waals surface area contributed by atoms with Gasteiger partial charge in [0.15, 0.2) is 0 Å². The van der Waals surface area contributed by atoms with Gasteiger partial charge in [-0.25, -0.2) is 9.59 Å². The van der Waals surface area contributed by atoms with Crippen molar-refractivity contribution in [1.29, 1.82) is 0 Å². The maximum atomic E-state index is 11.2. The van der Waals surface area contributed by atoms with E-state index in [1.165, 1.54) is 0 Å². The highest BCUT2D eigenvalue weighted by atomic mass is 16.7. The Labute approximate surface area is 94.3 Å². The number of amides is 1. The van der Waals surface area contributed by atoms with Crippen molar-refractivity contribution in [2.24, 2.45) is 11.5 Å². The first kappa shape index (κ1) is 12.9. The quantitative estimate of drug-likeness (QED) is 0.190. The average Bonchev–Trinajstić information content (AvgIpc) is 2.29. The Morgan fingerprint density at radius 2 is 2.00 bits per heavy atom. The summed E-state index contributed by atoms with van der Waals surface area (Å²) in [4.78, 5) is 32.6. The van der Waals surface area contributed by atoms with E-state index in [-0.39, 0.29) is 0 Å². The molecule has 9 heteroatoms. The van der Waals surface area contributed by atoms with E-state index in [0.29, 0.717) is 0 Å². The van der Waals surface area contributed by atoms with Gasteiger partial charge in [0.2, 0.25) is 6.10 Å². The summed E-state index contributed by atoms with van der Waals surface area (Å²) in [6.45, 7) is 0. The fourth-order valence-electron chi connectivity index (χ4n) is 0.866. The minimum Gasteiger partial charge on any atom is -0.411 e. The van der Waals surface area contributed by atoms with Gasteiger partial charge in [0.25, 0.3) is 11.6 Å². The van der Waals surface area contributed by atoms with Crippen LogP contribution in [0.4, 0.5) is 0 Å². The van der Waals surface area contributed by atoms with Gasteiger partial charge < -0.3 is 25.4 Å². The van der Waals surface area contributed by atoms with E-state index in [1.807, 2.05) is 5.92 Å². The Morgan fingerprint density at radius 1 is 1.41 bits per heavy atom. The third-order valence-electron chi connectivity index (χ3n) is 1.72. The van der Waals surface area contributed by atoms with Crippen molar-refractivity contribution >= 4 is 17.8 Å². The van der Waals surface area contributed by atoms with E-state index in [9.17, 15) is 19.5 Å². The van der Waals surface area contributed by atoms with E-state index in [0.717, 1.165) is 0 Å². The summed E-state index contributed by atoms with van der Waals surface area (Å²) in [5.74, 6) is -0.357. The van der Waals surface area contributed by atoms with Crippen molar-refractivity contribution < 1.29 is 34.1 Å². The minimum absolute atomic E-state index is 1.05. The number of esters is 2. The summed E-state index contributed by atoms with van der Waals surface area (Å²) in [5.41, 5.74) is 6.70. The average molecular weight is 244 g/mol. The molecule has 1 rings (SSSR count). The molecule has 0 aromatic heterocycles. The lowest BCUT2D eigenvalue weighted by atomic mass is 10.1. The Balaban J connectivity index is 2.97. The van der Waals surface area contributed by atoms with Crippen LogP contribution < -0.4 is 11.5 Å². The third-order valence-corrected chi connectivity index (χ3v) is 1.72. The molecule has 0 radical (unpaired) electrons. The molecule has 0 bridgehead atoms. The number of carbonyl (C=O) groups is 3. The zero-order chi connectivity index (χ0) is 13.2. The van der Waals surface area contributed by atoms with Crippen LogP contribution in [0.2, 0.25) is 0 Å². The van der Waals surface area contributed by atoms with Crippen molar-refractivity contribution in [2.75, 3.05) is 0 Å². The molecule has 92 valence electrons. The van der Waals surface area contributed by atoms with Crippen LogP contribution in [0.1, 0.15) is 0 Å². The van der Waals surface area contributed by atoms with Gasteiger partial charge in [-0.2, -0.15) is 0 Å². The van der Waals surface area contributed by atoms with Gasteiger partial charge in [0, 0.05) is 5.92 Å². The molecule has 0 unspecified atom stereocenters. The zero-order valence-corrected chi connectivity index (χ0v) is 8.25. The topological polar surface area (TPSA) is 162 Å². The Bertz CT molecular complexity index is 433. The molecule has 6 N–H and O–H groups in total. The molecule has 1 aliphatic heterocycles. The molecule has 3 atom stereocenters. The molecule has 0 saturated carbocycles. The van der Waals surface area contributed by atoms with Crippen molar-refractivity contribution in [2.45, 2.75) is 18.1 Å². The van der Waals surface area contributed by atoms with Gasteiger partial charge in [-0.1, -0.05) is 0 Å². The maximum Gasteiger partial charge on any atom is 0.360 e. The fourth-order valence-corrected chi connectivity index (χ4v) is 0.866. The zero-order valence-electron chi connectivity index (χ0n) is 8.25. The van der Waals surface area contributed by atoms with E-state index in [4.69, 9.17) is 10.8 Å². The highest BCUT2D eigenvalue weighted by Gasteiger charge is 2.50. The highest BCUT2D eigenvalue weighted by Crippen LogP contribution is 2.15. The predicted molar refractivity (Wildman–Crippen MR) is 48.1 cm³/mol. The summed E-state index contributed by atoms with van der Waals surface area (Å²) in [7, 11) is 0. The van der Waals surface area contributed by atoms with Gasteiger partial charge >= 0.3 is 18.2 Å². The van der Waals surface area contributed by atoms with E-state index in [1.54, 1.807) is 5.92 Å². The van der Waals surface area contributed by atoms with Crippen LogP contribution in [0.5, 0.6) is 0 Å². The van der Waals surface area contributed by atoms with Crippen LogP contribution >= 0.6 is 0 Å². The summed E-state index contributed by atoms with van der Waals surface area (Å²) >= 11 is 0. The number of primary amides is 1.